The summed E-state index contributed by atoms with van der Waals surface area (Å²) in [6.07, 6.45) is -0.725. The molecule has 1 rings (SSSR count). The minimum atomic E-state index is -2.09. The molecule has 0 saturated heterocycles. The number of para-hydroxylation sites is 1. The second-order valence-electron chi connectivity index (χ2n) is 4.35. The number of carbonyl (C=O) groups excluding carboxylic acids is 3. The van der Waals surface area contributed by atoms with Crippen molar-refractivity contribution in [3.8, 4) is 5.75 Å². The van der Waals surface area contributed by atoms with Gasteiger partial charge in [-0.15, -0.1) is 0 Å². The number of rotatable bonds is 6. The zero-order valence-corrected chi connectivity index (χ0v) is 10.8. The lowest BCUT2D eigenvalue weighted by Crippen LogP contribution is -2.47. The van der Waals surface area contributed by atoms with E-state index < -0.39 is 35.3 Å². The number of aliphatic carboxylic acids is 2. The molecule has 6 nitrogen and oxygen atoms in total. The summed E-state index contributed by atoms with van der Waals surface area (Å²) in [6, 6.07) is 7.96. The highest BCUT2D eigenvalue weighted by atomic mass is 16.5. The van der Waals surface area contributed by atoms with Crippen molar-refractivity contribution in [2.75, 3.05) is 0 Å². The molecule has 1 unspecified atom stereocenters. The third kappa shape index (κ3) is 3.44. The quantitative estimate of drug-likeness (QED) is 0.376. The van der Waals surface area contributed by atoms with E-state index in [1.54, 1.807) is 18.2 Å². The van der Waals surface area contributed by atoms with Gasteiger partial charge in [0.2, 0.25) is 0 Å². The molecule has 6 heteroatoms. The van der Waals surface area contributed by atoms with Crippen LogP contribution in [0.25, 0.3) is 0 Å². The van der Waals surface area contributed by atoms with E-state index in [-0.39, 0.29) is 5.75 Å². The third-order valence-corrected chi connectivity index (χ3v) is 2.84. The summed E-state index contributed by atoms with van der Waals surface area (Å²) in [5, 5.41) is 21.8. The molecule has 0 N–H and O–H groups in total. The van der Waals surface area contributed by atoms with E-state index in [1.165, 1.54) is 12.1 Å². The van der Waals surface area contributed by atoms with Crippen LogP contribution in [0.2, 0.25) is 0 Å². The van der Waals surface area contributed by atoms with Gasteiger partial charge in [-0.3, -0.25) is 4.79 Å². The summed E-state index contributed by atoms with van der Waals surface area (Å²) in [5.41, 5.74) is -2.84. The molecule has 0 radical (unpaired) electrons. The van der Waals surface area contributed by atoms with E-state index in [0.717, 1.165) is 6.92 Å². The summed E-state index contributed by atoms with van der Waals surface area (Å²) in [4.78, 5) is 33.5. The molecule has 20 heavy (non-hydrogen) atoms. The second kappa shape index (κ2) is 6.01. The maximum atomic E-state index is 11.7. The Labute approximate surface area is 115 Å². The van der Waals surface area contributed by atoms with Gasteiger partial charge in [0, 0.05) is 5.41 Å². The van der Waals surface area contributed by atoms with E-state index in [1.807, 2.05) is 0 Å². The number of hydrogen-bond donors (Lipinski definition) is 0. The average Bonchev–Trinajstić information content (AvgIpc) is 2.38. The van der Waals surface area contributed by atoms with Gasteiger partial charge in [-0.05, 0) is 24.6 Å². The Morgan fingerprint density at radius 1 is 1.20 bits per heavy atom. The van der Waals surface area contributed by atoms with Crippen molar-refractivity contribution in [3.63, 3.8) is 0 Å². The first-order valence-corrected chi connectivity index (χ1v) is 5.65. The highest BCUT2D eigenvalue weighted by Crippen LogP contribution is 2.30. The summed E-state index contributed by atoms with van der Waals surface area (Å²) >= 11 is 0. The topological polar surface area (TPSA) is 107 Å². The van der Waals surface area contributed by atoms with Crippen LogP contribution >= 0.6 is 0 Å². The Morgan fingerprint density at radius 3 is 2.20 bits per heavy atom. The molecule has 0 aliphatic rings. The van der Waals surface area contributed by atoms with Crippen LogP contribution in [0, 0.1) is 5.41 Å². The molecule has 106 valence electrons. The van der Waals surface area contributed by atoms with Crippen LogP contribution in [-0.2, 0) is 14.4 Å². The highest BCUT2D eigenvalue weighted by Gasteiger charge is 2.34. The Bertz CT molecular complexity index is 548. The van der Waals surface area contributed by atoms with E-state index in [9.17, 15) is 24.6 Å². The molecular weight excluding hydrogens is 264 g/mol. The zero-order valence-electron chi connectivity index (χ0n) is 10.8. The third-order valence-electron chi connectivity index (χ3n) is 2.84. The minimum absolute atomic E-state index is 0.220. The van der Waals surface area contributed by atoms with E-state index in [4.69, 9.17) is 4.74 Å². The molecule has 0 amide bonds. The average molecular weight is 276 g/mol. The number of hydrogen-bond acceptors (Lipinski definition) is 6. The van der Waals surface area contributed by atoms with Crippen LogP contribution in [0.5, 0.6) is 5.75 Å². The van der Waals surface area contributed by atoms with Gasteiger partial charge in [-0.2, -0.15) is 0 Å². The fraction of sp³-hybridized carbons (Fsp3) is 0.214. The van der Waals surface area contributed by atoms with Gasteiger partial charge in [-0.25, -0.2) is 0 Å². The number of esters is 1. The second-order valence-corrected chi connectivity index (χ2v) is 4.35. The molecule has 0 heterocycles. The first kappa shape index (κ1) is 15.4. The first-order chi connectivity index (χ1) is 9.27. The molecule has 1 atom stereocenters. The predicted molar refractivity (Wildman–Crippen MR) is 64.0 cm³/mol. The van der Waals surface area contributed by atoms with E-state index >= 15 is 0 Å². The predicted octanol–water partition coefficient (Wildman–Crippen LogP) is -0.956. The van der Waals surface area contributed by atoms with Gasteiger partial charge in [0.05, 0.1) is 18.4 Å². The van der Waals surface area contributed by atoms with E-state index in [0.29, 0.717) is 0 Å². The molecule has 0 aliphatic carbocycles. The van der Waals surface area contributed by atoms with Gasteiger partial charge in [0.25, 0.3) is 0 Å². The smallest absolute Gasteiger partial charge is 0.312 e. The maximum Gasteiger partial charge on any atom is 0.312 e. The van der Waals surface area contributed by atoms with Crippen molar-refractivity contribution >= 4 is 17.9 Å². The van der Waals surface area contributed by atoms with Crippen LogP contribution < -0.4 is 14.9 Å². The van der Waals surface area contributed by atoms with Crippen LogP contribution in [0.3, 0.4) is 0 Å². The zero-order chi connectivity index (χ0) is 15.3. The minimum Gasteiger partial charge on any atom is -0.549 e. The number of ether oxygens (including phenoxy) is 1. The number of carboxylic acids is 2. The van der Waals surface area contributed by atoms with Crippen LogP contribution in [-0.4, -0.2) is 17.9 Å². The SMILES string of the molecule is C=C(C(=O)[O-])C(C)(CC(=O)Oc1ccccc1)C(=O)[O-]. The first-order valence-electron chi connectivity index (χ1n) is 5.65. The van der Waals surface area contributed by atoms with Crippen LogP contribution in [0.15, 0.2) is 42.5 Å². The lowest BCUT2D eigenvalue weighted by molar-refractivity contribution is -0.321. The number of benzene rings is 1. The van der Waals surface area contributed by atoms with Crippen molar-refractivity contribution in [1.29, 1.82) is 0 Å². The summed E-state index contributed by atoms with van der Waals surface area (Å²) in [6.45, 7) is 4.14. The molecule has 0 aromatic heterocycles. The lowest BCUT2D eigenvalue weighted by atomic mass is 9.80. The van der Waals surface area contributed by atoms with Crippen molar-refractivity contribution in [3.05, 3.63) is 42.5 Å². The highest BCUT2D eigenvalue weighted by molar-refractivity contribution is 5.96. The van der Waals surface area contributed by atoms with Gasteiger partial charge < -0.3 is 24.5 Å². The Kier molecular flexibility index (Phi) is 4.63. The van der Waals surface area contributed by atoms with Gasteiger partial charge in [0.1, 0.15) is 5.75 Å². The standard InChI is InChI=1S/C14H14O6/c1-9(12(16)17)14(2,13(18)19)8-11(15)20-10-6-4-3-5-7-10/h3-7H,1,8H2,2H3,(H,16,17)(H,18,19)/p-2. The molecule has 1 aromatic carbocycles. The normalized spacial score (nSPS) is 13.1. The number of carboxylic acid groups (broad SMARTS) is 2. The summed E-state index contributed by atoms with van der Waals surface area (Å²) in [7, 11) is 0. The molecule has 0 fully saturated rings. The Morgan fingerprint density at radius 2 is 1.75 bits per heavy atom. The van der Waals surface area contributed by atoms with E-state index in [2.05, 4.69) is 6.58 Å². The molecule has 0 aliphatic heterocycles. The van der Waals surface area contributed by atoms with Gasteiger partial charge in [-0.1, -0.05) is 24.8 Å². The summed E-state index contributed by atoms with van der Waals surface area (Å²) < 4.78 is 4.91. The number of carbonyl (C=O) groups is 3. The molecular formula is C14H12O6-2. The van der Waals surface area contributed by atoms with Crippen molar-refractivity contribution in [2.24, 2.45) is 5.41 Å². The lowest BCUT2D eigenvalue weighted by Gasteiger charge is -2.32. The monoisotopic (exact) mass is 276 g/mol. The molecule has 1 aromatic rings. The maximum absolute atomic E-state index is 11.7. The fourth-order valence-electron chi connectivity index (χ4n) is 1.47. The molecule has 0 spiro atoms. The Balaban J connectivity index is 2.86. The molecule has 0 bridgehead atoms. The summed E-state index contributed by atoms with van der Waals surface area (Å²) in [5.74, 6) is -4.19. The van der Waals surface area contributed by atoms with Crippen molar-refractivity contribution in [2.45, 2.75) is 13.3 Å². The fourth-order valence-corrected chi connectivity index (χ4v) is 1.47. The van der Waals surface area contributed by atoms with Crippen LogP contribution in [0.1, 0.15) is 13.3 Å². The van der Waals surface area contributed by atoms with Crippen LogP contribution in [0.4, 0.5) is 0 Å². The Hall–Kier alpha value is -2.63. The van der Waals surface area contributed by atoms with Gasteiger partial charge in [0.15, 0.2) is 0 Å². The largest absolute Gasteiger partial charge is 0.549 e. The van der Waals surface area contributed by atoms with Crippen molar-refractivity contribution in [1.82, 2.24) is 0 Å². The van der Waals surface area contributed by atoms with Gasteiger partial charge >= 0.3 is 5.97 Å². The molecule has 0 saturated carbocycles. The van der Waals surface area contributed by atoms with Crippen molar-refractivity contribution < 1.29 is 29.3 Å².